The number of ketones is 1. The van der Waals surface area contributed by atoms with Gasteiger partial charge in [-0.25, -0.2) is 4.79 Å². The molecule has 5 rings (SSSR count). The molecule has 0 unspecified atom stereocenters. The van der Waals surface area contributed by atoms with Gasteiger partial charge in [-0.05, 0) is 43.8 Å². The highest BCUT2D eigenvalue weighted by atomic mass is 32.1. The number of hydrogen-bond donors (Lipinski definition) is 1. The van der Waals surface area contributed by atoms with Gasteiger partial charge in [-0.15, -0.1) is 11.3 Å². The van der Waals surface area contributed by atoms with E-state index < -0.39 is 11.9 Å². The first-order chi connectivity index (χ1) is 17.4. The summed E-state index contributed by atoms with van der Waals surface area (Å²) >= 11 is 1.63. The van der Waals surface area contributed by atoms with Gasteiger partial charge in [0.1, 0.15) is 12.2 Å². The monoisotopic (exact) mass is 505 g/mol. The fourth-order valence-corrected chi connectivity index (χ4v) is 5.93. The minimum Gasteiger partial charge on any atom is -0.464 e. The number of benzene rings is 1. The molecule has 0 fully saturated rings. The van der Waals surface area contributed by atoms with E-state index in [-0.39, 0.29) is 41.5 Å². The fourth-order valence-electron chi connectivity index (χ4n) is 5.10. The van der Waals surface area contributed by atoms with Crippen LogP contribution in [0, 0.1) is 6.92 Å². The largest absolute Gasteiger partial charge is 0.464 e. The van der Waals surface area contributed by atoms with E-state index in [0.717, 1.165) is 16.1 Å². The first-order valence-corrected chi connectivity index (χ1v) is 12.7. The number of thiophene rings is 1. The van der Waals surface area contributed by atoms with Gasteiger partial charge in [-0.2, -0.15) is 0 Å². The van der Waals surface area contributed by atoms with E-state index >= 15 is 0 Å². The van der Waals surface area contributed by atoms with Crippen molar-refractivity contribution in [3.05, 3.63) is 90.7 Å². The molecule has 1 aliphatic heterocycles. The number of hydrogen-bond acceptors (Lipinski definition) is 8. The third kappa shape index (κ3) is 4.31. The standard InChI is InChI=1S/C28H27NO6S/c1-15-6-7-22-18(11-15)27(31)19(14-35-22)25-24(28(32)34-9-8-33-3)16(2)29-20-12-17(13-21(30)26(20)25)23-5-4-10-36-23/h4-7,10-11,14,17,25,29H,8-9,12-13H2,1-3H3/t17-,25+/m1/s1. The second-order valence-electron chi connectivity index (χ2n) is 9.18. The van der Waals surface area contributed by atoms with Gasteiger partial charge in [0.2, 0.25) is 0 Å². The number of ether oxygens (including phenoxy) is 2. The molecule has 3 heterocycles. The molecule has 36 heavy (non-hydrogen) atoms. The Hall–Kier alpha value is -3.49. The van der Waals surface area contributed by atoms with Gasteiger partial charge in [0, 0.05) is 46.9 Å². The summed E-state index contributed by atoms with van der Waals surface area (Å²) in [6.07, 6.45) is 2.30. The predicted octanol–water partition coefficient (Wildman–Crippen LogP) is 4.71. The van der Waals surface area contributed by atoms with Crippen LogP contribution in [-0.4, -0.2) is 32.1 Å². The molecule has 186 valence electrons. The van der Waals surface area contributed by atoms with Crippen LogP contribution in [0.2, 0.25) is 0 Å². The number of carbonyl (C=O) groups excluding carboxylic acids is 2. The van der Waals surface area contributed by atoms with Gasteiger partial charge in [-0.1, -0.05) is 17.7 Å². The Morgan fingerprint density at radius 3 is 2.75 bits per heavy atom. The zero-order chi connectivity index (χ0) is 25.4. The topological polar surface area (TPSA) is 94.8 Å². The smallest absolute Gasteiger partial charge is 0.336 e. The molecule has 0 amide bonds. The number of methoxy groups -OCH3 is 1. The number of rotatable bonds is 6. The van der Waals surface area contributed by atoms with Crippen LogP contribution in [0.25, 0.3) is 11.0 Å². The summed E-state index contributed by atoms with van der Waals surface area (Å²) in [5.41, 5.74) is 3.34. The molecule has 7 nitrogen and oxygen atoms in total. The molecular weight excluding hydrogens is 478 g/mol. The van der Waals surface area contributed by atoms with Crippen molar-refractivity contribution in [2.24, 2.45) is 0 Å². The summed E-state index contributed by atoms with van der Waals surface area (Å²) in [6.45, 7) is 3.97. The fraction of sp³-hybridized carbons (Fsp3) is 0.321. The lowest BCUT2D eigenvalue weighted by molar-refractivity contribution is -0.140. The highest BCUT2D eigenvalue weighted by Crippen LogP contribution is 2.45. The van der Waals surface area contributed by atoms with Gasteiger partial charge < -0.3 is 19.2 Å². The number of allylic oxidation sites excluding steroid dienone is 3. The van der Waals surface area contributed by atoms with E-state index in [9.17, 15) is 14.4 Å². The normalized spacial score (nSPS) is 19.9. The second-order valence-corrected chi connectivity index (χ2v) is 10.2. The molecule has 1 N–H and O–H groups in total. The van der Waals surface area contributed by atoms with Gasteiger partial charge in [0.05, 0.1) is 29.7 Å². The lowest BCUT2D eigenvalue weighted by atomic mass is 9.73. The van der Waals surface area contributed by atoms with E-state index in [4.69, 9.17) is 13.9 Å². The van der Waals surface area contributed by atoms with Crippen LogP contribution in [0.1, 0.15) is 47.6 Å². The van der Waals surface area contributed by atoms with E-state index in [0.29, 0.717) is 35.1 Å². The van der Waals surface area contributed by atoms with Crippen molar-refractivity contribution in [1.29, 1.82) is 0 Å². The predicted molar refractivity (Wildman–Crippen MR) is 137 cm³/mol. The maximum atomic E-state index is 13.7. The van der Waals surface area contributed by atoms with Gasteiger partial charge in [-0.3, -0.25) is 9.59 Å². The molecule has 2 aliphatic rings. The number of esters is 1. The molecule has 0 radical (unpaired) electrons. The first kappa shape index (κ1) is 24.2. The Morgan fingerprint density at radius 2 is 2.00 bits per heavy atom. The zero-order valence-electron chi connectivity index (χ0n) is 20.4. The van der Waals surface area contributed by atoms with Crippen LogP contribution in [-0.2, 0) is 19.1 Å². The van der Waals surface area contributed by atoms with Crippen LogP contribution in [0.15, 0.2) is 73.7 Å². The van der Waals surface area contributed by atoms with Crippen molar-refractivity contribution >= 4 is 34.1 Å². The maximum absolute atomic E-state index is 13.7. The molecule has 0 bridgehead atoms. The molecule has 2 aromatic heterocycles. The maximum Gasteiger partial charge on any atom is 0.336 e. The Bertz CT molecular complexity index is 1460. The summed E-state index contributed by atoms with van der Waals surface area (Å²) < 4.78 is 16.3. The van der Waals surface area contributed by atoms with E-state index in [1.807, 2.05) is 30.5 Å². The number of fused-ring (bicyclic) bond motifs is 1. The molecule has 1 aliphatic carbocycles. The Morgan fingerprint density at radius 1 is 1.17 bits per heavy atom. The van der Waals surface area contributed by atoms with Crippen molar-refractivity contribution in [2.45, 2.75) is 38.5 Å². The molecular formula is C28H27NO6S. The molecule has 1 aromatic carbocycles. The zero-order valence-corrected chi connectivity index (χ0v) is 21.2. The molecule has 0 saturated heterocycles. The number of dihydropyridines is 1. The lowest BCUT2D eigenvalue weighted by Crippen LogP contribution is -2.37. The summed E-state index contributed by atoms with van der Waals surface area (Å²) in [5.74, 6) is -1.52. The van der Waals surface area contributed by atoms with Crippen LogP contribution in [0.4, 0.5) is 0 Å². The van der Waals surface area contributed by atoms with Crippen molar-refractivity contribution in [3.8, 4) is 0 Å². The highest BCUT2D eigenvalue weighted by Gasteiger charge is 2.43. The second kappa shape index (κ2) is 9.87. The third-order valence-electron chi connectivity index (χ3n) is 6.78. The molecule has 0 saturated carbocycles. The van der Waals surface area contributed by atoms with Gasteiger partial charge in [0.15, 0.2) is 11.2 Å². The van der Waals surface area contributed by atoms with Crippen molar-refractivity contribution in [2.75, 3.05) is 20.3 Å². The lowest BCUT2D eigenvalue weighted by Gasteiger charge is -2.36. The van der Waals surface area contributed by atoms with E-state index in [1.54, 1.807) is 30.4 Å². The number of aryl methyl sites for hydroxylation is 1. The summed E-state index contributed by atoms with van der Waals surface area (Å²) in [7, 11) is 1.52. The average molecular weight is 506 g/mol. The average Bonchev–Trinajstić information content (AvgIpc) is 3.39. The minimum absolute atomic E-state index is 0.0445. The molecule has 2 atom stereocenters. The van der Waals surface area contributed by atoms with Crippen molar-refractivity contribution in [3.63, 3.8) is 0 Å². The SMILES string of the molecule is COCCOC(=O)C1=C(C)NC2=C(C(=O)C[C@H](c3cccs3)C2)[C@H]1c1coc2ccc(C)cc2c1=O. The van der Waals surface area contributed by atoms with Crippen LogP contribution in [0.3, 0.4) is 0 Å². The number of Topliss-reactive ketones (excluding diaryl/α,β-unsaturated/α-hetero) is 1. The highest BCUT2D eigenvalue weighted by molar-refractivity contribution is 7.10. The van der Waals surface area contributed by atoms with Gasteiger partial charge >= 0.3 is 5.97 Å². The Balaban J connectivity index is 1.66. The van der Waals surface area contributed by atoms with E-state index in [2.05, 4.69) is 5.32 Å². The molecule has 8 heteroatoms. The number of carbonyl (C=O) groups is 2. The summed E-state index contributed by atoms with van der Waals surface area (Å²) in [6, 6.07) is 9.41. The summed E-state index contributed by atoms with van der Waals surface area (Å²) in [4.78, 5) is 41.8. The summed E-state index contributed by atoms with van der Waals surface area (Å²) in [5, 5.41) is 5.72. The quantitative estimate of drug-likeness (QED) is 0.383. The Kier molecular flexibility index (Phi) is 6.64. The van der Waals surface area contributed by atoms with Crippen LogP contribution in [0.5, 0.6) is 0 Å². The first-order valence-electron chi connectivity index (χ1n) is 11.8. The third-order valence-corrected chi connectivity index (χ3v) is 7.81. The van der Waals surface area contributed by atoms with Crippen LogP contribution < -0.4 is 10.7 Å². The van der Waals surface area contributed by atoms with E-state index in [1.165, 1.54) is 13.4 Å². The minimum atomic E-state index is -0.880. The van der Waals surface area contributed by atoms with Gasteiger partial charge in [0.25, 0.3) is 0 Å². The number of nitrogens with one attached hydrogen (secondary N) is 1. The van der Waals surface area contributed by atoms with Crippen molar-refractivity contribution < 1.29 is 23.5 Å². The molecule has 3 aromatic rings. The molecule has 0 spiro atoms. The van der Waals surface area contributed by atoms with Crippen molar-refractivity contribution in [1.82, 2.24) is 5.32 Å². The van der Waals surface area contributed by atoms with Crippen LogP contribution >= 0.6 is 11.3 Å². The Labute approximate surface area is 212 Å².